The van der Waals surface area contributed by atoms with Gasteiger partial charge in [0.05, 0.1) is 13.0 Å². The number of hydrogen-bond acceptors (Lipinski definition) is 3. The van der Waals surface area contributed by atoms with Crippen LogP contribution in [0.3, 0.4) is 0 Å². The quantitative estimate of drug-likeness (QED) is 0.707. The first-order valence-corrected chi connectivity index (χ1v) is 7.08. The molecular formula is C16H22O3. The maximum absolute atomic E-state index is 11.4. The van der Waals surface area contributed by atoms with Crippen LogP contribution in [0, 0.1) is 5.92 Å². The van der Waals surface area contributed by atoms with E-state index in [-0.39, 0.29) is 18.0 Å². The van der Waals surface area contributed by atoms with E-state index in [2.05, 4.69) is 19.1 Å². The minimum absolute atomic E-state index is 0.00631. The van der Waals surface area contributed by atoms with Crippen molar-refractivity contribution in [2.45, 2.75) is 45.1 Å². The predicted octanol–water partition coefficient (Wildman–Crippen LogP) is 3.36. The maximum Gasteiger partial charge on any atom is 0.313 e. The highest BCUT2D eigenvalue weighted by Gasteiger charge is 2.40. The zero-order valence-corrected chi connectivity index (χ0v) is 11.7. The molecule has 1 heterocycles. The lowest BCUT2D eigenvalue weighted by atomic mass is 9.88. The van der Waals surface area contributed by atoms with E-state index in [1.165, 1.54) is 5.56 Å². The number of carbonyl (C=O) groups excluding carboxylic acids is 1. The van der Waals surface area contributed by atoms with Crippen molar-refractivity contribution < 1.29 is 14.3 Å². The standard InChI is InChI=1S/C16H22O3/c1-3-5-15-14(16(17)19-15)7-4-6-12-8-10-13(18-2)11-9-12/h8-11,14-15H,3-7H2,1-2H3/t14-,15-/m1/s1. The van der Waals surface area contributed by atoms with E-state index in [4.69, 9.17) is 9.47 Å². The summed E-state index contributed by atoms with van der Waals surface area (Å²) < 4.78 is 10.3. The number of hydrogen-bond donors (Lipinski definition) is 0. The Morgan fingerprint density at radius 2 is 1.95 bits per heavy atom. The van der Waals surface area contributed by atoms with Crippen LogP contribution in [0.5, 0.6) is 5.75 Å². The molecule has 0 unspecified atom stereocenters. The number of rotatable bonds is 7. The van der Waals surface area contributed by atoms with E-state index in [0.29, 0.717) is 0 Å². The Morgan fingerprint density at radius 1 is 1.21 bits per heavy atom. The number of aryl methyl sites for hydroxylation is 1. The molecule has 1 fully saturated rings. The number of ether oxygens (including phenoxy) is 2. The molecule has 1 aliphatic rings. The van der Waals surface area contributed by atoms with Crippen LogP contribution in [-0.2, 0) is 16.0 Å². The molecule has 1 aromatic rings. The predicted molar refractivity (Wildman–Crippen MR) is 74.2 cm³/mol. The summed E-state index contributed by atoms with van der Waals surface area (Å²) in [6.45, 7) is 2.13. The molecule has 1 aromatic carbocycles. The lowest BCUT2D eigenvalue weighted by molar-refractivity contribution is -0.186. The van der Waals surface area contributed by atoms with E-state index in [9.17, 15) is 4.79 Å². The topological polar surface area (TPSA) is 35.5 Å². The van der Waals surface area contributed by atoms with Gasteiger partial charge in [-0.1, -0.05) is 25.5 Å². The highest BCUT2D eigenvalue weighted by Crippen LogP contribution is 2.30. The Morgan fingerprint density at radius 3 is 2.53 bits per heavy atom. The van der Waals surface area contributed by atoms with E-state index in [1.54, 1.807) is 7.11 Å². The van der Waals surface area contributed by atoms with Crippen LogP contribution in [0.25, 0.3) is 0 Å². The summed E-state index contributed by atoms with van der Waals surface area (Å²) in [5.41, 5.74) is 1.29. The first-order valence-electron chi connectivity index (χ1n) is 7.08. The number of esters is 1. The van der Waals surface area contributed by atoms with E-state index in [1.807, 2.05) is 12.1 Å². The minimum Gasteiger partial charge on any atom is -0.497 e. The van der Waals surface area contributed by atoms with Gasteiger partial charge >= 0.3 is 5.97 Å². The van der Waals surface area contributed by atoms with E-state index >= 15 is 0 Å². The normalized spacial score (nSPS) is 21.7. The molecule has 0 spiro atoms. The average Bonchev–Trinajstić information content (AvgIpc) is 2.44. The van der Waals surface area contributed by atoms with Crippen molar-refractivity contribution in [3.05, 3.63) is 29.8 Å². The van der Waals surface area contributed by atoms with Gasteiger partial charge in [0.1, 0.15) is 11.9 Å². The minimum atomic E-state index is -0.00631. The lowest BCUT2D eigenvalue weighted by Crippen LogP contribution is -2.44. The van der Waals surface area contributed by atoms with Gasteiger partial charge in [-0.05, 0) is 43.4 Å². The highest BCUT2D eigenvalue weighted by molar-refractivity contribution is 5.78. The van der Waals surface area contributed by atoms with Crippen LogP contribution in [0.1, 0.15) is 38.2 Å². The Hall–Kier alpha value is -1.51. The SMILES string of the molecule is CCC[C@H]1OC(=O)[C@@H]1CCCc1ccc(OC)cc1. The van der Waals surface area contributed by atoms with Gasteiger partial charge in [0, 0.05) is 0 Å². The molecule has 104 valence electrons. The van der Waals surface area contributed by atoms with Crippen LogP contribution >= 0.6 is 0 Å². The monoisotopic (exact) mass is 262 g/mol. The average molecular weight is 262 g/mol. The zero-order valence-electron chi connectivity index (χ0n) is 11.7. The molecule has 0 amide bonds. The fourth-order valence-electron chi connectivity index (χ4n) is 2.56. The van der Waals surface area contributed by atoms with Crippen molar-refractivity contribution in [2.75, 3.05) is 7.11 Å². The third-order valence-electron chi connectivity index (χ3n) is 3.73. The largest absolute Gasteiger partial charge is 0.497 e. The summed E-state index contributed by atoms with van der Waals surface area (Å²) in [4.78, 5) is 11.4. The second kappa shape index (κ2) is 6.60. The number of benzene rings is 1. The molecular weight excluding hydrogens is 240 g/mol. The van der Waals surface area contributed by atoms with Crippen molar-refractivity contribution >= 4 is 5.97 Å². The van der Waals surface area contributed by atoms with E-state index in [0.717, 1.165) is 37.9 Å². The van der Waals surface area contributed by atoms with Gasteiger partial charge in [-0.2, -0.15) is 0 Å². The molecule has 0 aliphatic carbocycles. The number of carbonyl (C=O) groups is 1. The van der Waals surface area contributed by atoms with Gasteiger partial charge in [-0.3, -0.25) is 4.79 Å². The van der Waals surface area contributed by atoms with Crippen molar-refractivity contribution in [1.82, 2.24) is 0 Å². The summed E-state index contributed by atoms with van der Waals surface area (Å²) in [7, 11) is 1.67. The smallest absolute Gasteiger partial charge is 0.313 e. The summed E-state index contributed by atoms with van der Waals surface area (Å²) in [6, 6.07) is 8.13. The molecule has 0 bridgehead atoms. The van der Waals surface area contributed by atoms with Gasteiger partial charge < -0.3 is 9.47 Å². The first kappa shape index (κ1) is 13.9. The second-order valence-corrected chi connectivity index (χ2v) is 5.11. The van der Waals surface area contributed by atoms with Gasteiger partial charge in [-0.15, -0.1) is 0 Å². The van der Waals surface area contributed by atoms with Crippen molar-refractivity contribution in [3.8, 4) is 5.75 Å². The third-order valence-corrected chi connectivity index (χ3v) is 3.73. The molecule has 2 atom stereocenters. The van der Waals surface area contributed by atoms with Gasteiger partial charge in [0.15, 0.2) is 0 Å². The van der Waals surface area contributed by atoms with Crippen molar-refractivity contribution in [3.63, 3.8) is 0 Å². The molecule has 3 nitrogen and oxygen atoms in total. The Labute approximate surface area is 114 Å². The molecule has 0 saturated carbocycles. The van der Waals surface area contributed by atoms with Gasteiger partial charge in [0.25, 0.3) is 0 Å². The van der Waals surface area contributed by atoms with Crippen LogP contribution < -0.4 is 4.74 Å². The van der Waals surface area contributed by atoms with Crippen LogP contribution in [0.4, 0.5) is 0 Å². The molecule has 1 aliphatic heterocycles. The molecule has 0 N–H and O–H groups in total. The Balaban J connectivity index is 1.74. The van der Waals surface area contributed by atoms with E-state index < -0.39 is 0 Å². The highest BCUT2D eigenvalue weighted by atomic mass is 16.6. The van der Waals surface area contributed by atoms with Crippen LogP contribution in [-0.4, -0.2) is 19.2 Å². The fourth-order valence-corrected chi connectivity index (χ4v) is 2.56. The lowest BCUT2D eigenvalue weighted by Gasteiger charge is -2.35. The van der Waals surface area contributed by atoms with Crippen molar-refractivity contribution in [1.29, 1.82) is 0 Å². The summed E-state index contributed by atoms with van der Waals surface area (Å²) in [5, 5.41) is 0. The molecule has 19 heavy (non-hydrogen) atoms. The van der Waals surface area contributed by atoms with Crippen LogP contribution in [0.2, 0.25) is 0 Å². The zero-order chi connectivity index (χ0) is 13.7. The first-order chi connectivity index (χ1) is 9.24. The second-order valence-electron chi connectivity index (χ2n) is 5.11. The van der Waals surface area contributed by atoms with Crippen LogP contribution in [0.15, 0.2) is 24.3 Å². The van der Waals surface area contributed by atoms with Gasteiger partial charge in [-0.25, -0.2) is 0 Å². The maximum atomic E-state index is 11.4. The third kappa shape index (κ3) is 3.49. The Bertz CT molecular complexity index is 411. The fraction of sp³-hybridized carbons (Fsp3) is 0.562. The number of methoxy groups -OCH3 is 1. The molecule has 1 saturated heterocycles. The molecule has 0 aromatic heterocycles. The summed E-state index contributed by atoms with van der Waals surface area (Å²) in [5.74, 6) is 1.01. The van der Waals surface area contributed by atoms with Crippen molar-refractivity contribution in [2.24, 2.45) is 5.92 Å². The summed E-state index contributed by atoms with van der Waals surface area (Å²) >= 11 is 0. The molecule has 3 heteroatoms. The Kier molecular flexibility index (Phi) is 4.83. The number of cyclic esters (lactones) is 1. The molecule has 2 rings (SSSR count). The molecule has 0 radical (unpaired) electrons. The van der Waals surface area contributed by atoms with Gasteiger partial charge in [0.2, 0.25) is 0 Å². The summed E-state index contributed by atoms with van der Waals surface area (Å²) in [6.07, 6.45) is 5.23.